The summed E-state index contributed by atoms with van der Waals surface area (Å²) < 4.78 is 5.49. The van der Waals surface area contributed by atoms with Crippen molar-refractivity contribution in [1.29, 1.82) is 0 Å². The van der Waals surface area contributed by atoms with Crippen LogP contribution in [0.15, 0.2) is 54.6 Å². The second kappa shape index (κ2) is 7.78. The first-order valence-electron chi connectivity index (χ1n) is 6.87. The zero-order chi connectivity index (χ0) is 15.8. The number of nitrogens with zero attached hydrogens (tertiary/aromatic N) is 1. The number of benzene rings is 2. The van der Waals surface area contributed by atoms with E-state index in [1.807, 2.05) is 30.3 Å². The molecule has 2 aromatic rings. The summed E-state index contributed by atoms with van der Waals surface area (Å²) >= 11 is 0. The third-order valence-corrected chi connectivity index (χ3v) is 2.92. The number of non-ortho nitro benzene ring substituents is 1. The van der Waals surface area contributed by atoms with Gasteiger partial charge in [0, 0.05) is 24.2 Å². The highest BCUT2D eigenvalue weighted by atomic mass is 16.6. The molecule has 2 rings (SSSR count). The lowest BCUT2D eigenvalue weighted by molar-refractivity contribution is -0.384. The average molecular weight is 300 g/mol. The van der Waals surface area contributed by atoms with Gasteiger partial charge in [-0.25, -0.2) is 0 Å². The van der Waals surface area contributed by atoms with Crippen LogP contribution in [-0.4, -0.2) is 17.4 Å². The number of rotatable bonds is 7. The topological polar surface area (TPSA) is 81.5 Å². The SMILES string of the molecule is O=C(CCCOc1ccccc1)Nc1ccc([N+](=O)[O-])cc1. The van der Waals surface area contributed by atoms with Crippen LogP contribution in [0.1, 0.15) is 12.8 Å². The first-order valence-corrected chi connectivity index (χ1v) is 6.87. The summed E-state index contributed by atoms with van der Waals surface area (Å²) in [5.41, 5.74) is 0.536. The number of para-hydroxylation sites is 1. The van der Waals surface area contributed by atoms with Crippen molar-refractivity contribution in [2.75, 3.05) is 11.9 Å². The minimum Gasteiger partial charge on any atom is -0.494 e. The van der Waals surface area contributed by atoms with E-state index in [1.165, 1.54) is 24.3 Å². The standard InChI is InChI=1S/C16H16N2O4/c19-16(7-4-12-22-15-5-2-1-3-6-15)17-13-8-10-14(11-9-13)18(20)21/h1-3,5-6,8-11H,4,7,12H2,(H,17,19). The Balaban J connectivity index is 1.70. The Bertz CT molecular complexity index is 626. The Morgan fingerprint density at radius 3 is 2.41 bits per heavy atom. The van der Waals surface area contributed by atoms with Gasteiger partial charge in [0.2, 0.25) is 5.91 Å². The van der Waals surface area contributed by atoms with Crippen molar-refractivity contribution in [3.05, 3.63) is 64.7 Å². The Kier molecular flexibility index (Phi) is 5.48. The molecule has 0 saturated carbocycles. The maximum absolute atomic E-state index is 11.7. The Morgan fingerprint density at radius 2 is 1.77 bits per heavy atom. The molecule has 0 aliphatic heterocycles. The van der Waals surface area contributed by atoms with Crippen LogP contribution in [0.25, 0.3) is 0 Å². The summed E-state index contributed by atoms with van der Waals surface area (Å²) in [6.07, 6.45) is 0.914. The summed E-state index contributed by atoms with van der Waals surface area (Å²) in [7, 11) is 0. The van der Waals surface area contributed by atoms with E-state index in [0.717, 1.165) is 5.75 Å². The quantitative estimate of drug-likeness (QED) is 0.483. The summed E-state index contributed by atoms with van der Waals surface area (Å²) in [5.74, 6) is 0.629. The molecular formula is C16H16N2O4. The van der Waals surface area contributed by atoms with Crippen molar-refractivity contribution in [2.45, 2.75) is 12.8 Å². The molecule has 0 bridgehead atoms. The van der Waals surface area contributed by atoms with Crippen LogP contribution >= 0.6 is 0 Å². The maximum Gasteiger partial charge on any atom is 0.269 e. The molecule has 0 heterocycles. The van der Waals surface area contributed by atoms with Crippen molar-refractivity contribution < 1.29 is 14.5 Å². The van der Waals surface area contributed by atoms with Crippen LogP contribution in [0.5, 0.6) is 5.75 Å². The minimum absolute atomic E-state index is 0.00531. The van der Waals surface area contributed by atoms with Gasteiger partial charge in [0.1, 0.15) is 5.75 Å². The fourth-order valence-corrected chi connectivity index (χ4v) is 1.83. The molecule has 6 heteroatoms. The molecule has 0 aliphatic rings. The highest BCUT2D eigenvalue weighted by Crippen LogP contribution is 2.15. The molecule has 22 heavy (non-hydrogen) atoms. The molecule has 0 radical (unpaired) electrons. The molecule has 1 N–H and O–H groups in total. The van der Waals surface area contributed by atoms with E-state index in [2.05, 4.69) is 5.32 Å². The second-order valence-corrected chi connectivity index (χ2v) is 4.62. The molecule has 0 atom stereocenters. The lowest BCUT2D eigenvalue weighted by atomic mass is 10.2. The van der Waals surface area contributed by atoms with E-state index in [9.17, 15) is 14.9 Å². The highest BCUT2D eigenvalue weighted by Gasteiger charge is 2.06. The van der Waals surface area contributed by atoms with Gasteiger partial charge in [-0.2, -0.15) is 0 Å². The summed E-state index contributed by atoms with van der Waals surface area (Å²) in [5, 5.41) is 13.2. The van der Waals surface area contributed by atoms with Crippen LogP contribution in [0.3, 0.4) is 0 Å². The van der Waals surface area contributed by atoms with Gasteiger partial charge >= 0.3 is 0 Å². The smallest absolute Gasteiger partial charge is 0.269 e. The van der Waals surface area contributed by atoms with Crippen LogP contribution in [-0.2, 0) is 4.79 Å². The molecule has 114 valence electrons. The number of ether oxygens (including phenoxy) is 1. The van der Waals surface area contributed by atoms with Gasteiger partial charge in [-0.15, -0.1) is 0 Å². The molecule has 2 aromatic carbocycles. The van der Waals surface area contributed by atoms with Crippen molar-refractivity contribution in [3.63, 3.8) is 0 Å². The average Bonchev–Trinajstić information content (AvgIpc) is 2.53. The number of nitrogens with one attached hydrogen (secondary N) is 1. The molecule has 0 unspecified atom stereocenters. The van der Waals surface area contributed by atoms with E-state index in [0.29, 0.717) is 25.1 Å². The van der Waals surface area contributed by atoms with Gasteiger partial charge in [-0.05, 0) is 30.7 Å². The molecule has 1 amide bonds. The fourth-order valence-electron chi connectivity index (χ4n) is 1.83. The van der Waals surface area contributed by atoms with Gasteiger partial charge in [0.15, 0.2) is 0 Å². The number of carbonyl (C=O) groups is 1. The largest absolute Gasteiger partial charge is 0.494 e. The van der Waals surface area contributed by atoms with Gasteiger partial charge in [0.05, 0.1) is 11.5 Å². The predicted octanol–water partition coefficient (Wildman–Crippen LogP) is 3.39. The first-order chi connectivity index (χ1) is 10.6. The van der Waals surface area contributed by atoms with Crippen LogP contribution in [0.2, 0.25) is 0 Å². The monoisotopic (exact) mass is 300 g/mol. The molecular weight excluding hydrogens is 284 g/mol. The summed E-state index contributed by atoms with van der Waals surface area (Å²) in [6, 6.07) is 15.1. The highest BCUT2D eigenvalue weighted by molar-refractivity contribution is 5.90. The summed E-state index contributed by atoms with van der Waals surface area (Å²) in [6.45, 7) is 0.456. The number of hydrogen-bond acceptors (Lipinski definition) is 4. The lowest BCUT2D eigenvalue weighted by Gasteiger charge is -2.07. The lowest BCUT2D eigenvalue weighted by Crippen LogP contribution is -2.12. The number of anilines is 1. The summed E-state index contributed by atoms with van der Waals surface area (Å²) in [4.78, 5) is 21.8. The van der Waals surface area contributed by atoms with Crippen molar-refractivity contribution in [2.24, 2.45) is 0 Å². The van der Waals surface area contributed by atoms with E-state index in [-0.39, 0.29) is 11.6 Å². The van der Waals surface area contributed by atoms with Crippen LogP contribution < -0.4 is 10.1 Å². The van der Waals surface area contributed by atoms with Crippen molar-refractivity contribution in [1.82, 2.24) is 0 Å². The van der Waals surface area contributed by atoms with Gasteiger partial charge in [0.25, 0.3) is 5.69 Å². The van der Waals surface area contributed by atoms with E-state index < -0.39 is 4.92 Å². The normalized spacial score (nSPS) is 10.0. The van der Waals surface area contributed by atoms with Crippen LogP contribution in [0, 0.1) is 10.1 Å². The Morgan fingerprint density at radius 1 is 1.09 bits per heavy atom. The van der Waals surface area contributed by atoms with E-state index in [1.54, 1.807) is 0 Å². The minimum atomic E-state index is -0.480. The number of nitro groups is 1. The zero-order valence-electron chi connectivity index (χ0n) is 11.9. The molecule has 0 spiro atoms. The third kappa shape index (κ3) is 4.90. The predicted molar refractivity (Wildman–Crippen MR) is 82.9 cm³/mol. The number of hydrogen-bond donors (Lipinski definition) is 1. The third-order valence-electron chi connectivity index (χ3n) is 2.92. The number of carbonyl (C=O) groups excluding carboxylic acids is 1. The fraction of sp³-hybridized carbons (Fsp3) is 0.188. The van der Waals surface area contributed by atoms with Gasteiger partial charge < -0.3 is 10.1 Å². The van der Waals surface area contributed by atoms with Gasteiger partial charge in [-0.1, -0.05) is 18.2 Å². The first kappa shape index (κ1) is 15.5. The maximum atomic E-state index is 11.7. The Labute approximate surface area is 127 Å². The number of nitro benzene ring substituents is 1. The molecule has 0 aliphatic carbocycles. The van der Waals surface area contributed by atoms with E-state index in [4.69, 9.17) is 4.74 Å². The van der Waals surface area contributed by atoms with Crippen molar-refractivity contribution in [3.8, 4) is 5.75 Å². The Hall–Kier alpha value is -2.89. The van der Waals surface area contributed by atoms with Crippen LogP contribution in [0.4, 0.5) is 11.4 Å². The van der Waals surface area contributed by atoms with E-state index >= 15 is 0 Å². The van der Waals surface area contributed by atoms with Crippen molar-refractivity contribution >= 4 is 17.3 Å². The second-order valence-electron chi connectivity index (χ2n) is 4.62. The molecule has 0 aromatic heterocycles. The number of amides is 1. The molecule has 0 saturated heterocycles. The van der Waals surface area contributed by atoms with Gasteiger partial charge in [-0.3, -0.25) is 14.9 Å². The molecule has 6 nitrogen and oxygen atoms in total. The molecule has 0 fully saturated rings. The zero-order valence-corrected chi connectivity index (χ0v) is 11.9.